The van der Waals surface area contributed by atoms with Gasteiger partial charge in [0, 0.05) is 62.6 Å². The van der Waals surface area contributed by atoms with E-state index in [0.717, 1.165) is 12.1 Å². The Kier molecular flexibility index (Phi) is 7.10. The van der Waals surface area contributed by atoms with Crippen molar-refractivity contribution in [3.05, 3.63) is 64.7 Å². The first-order valence-electron chi connectivity index (χ1n) is 9.45. The molecule has 0 saturated carbocycles. The molecule has 1 fully saturated rings. The molecule has 0 unspecified atom stereocenters. The molecule has 1 aliphatic rings. The molecular formula is C21H24F4N2O2. The Morgan fingerprint density at radius 1 is 1.00 bits per heavy atom. The van der Waals surface area contributed by atoms with E-state index < -0.39 is 17.5 Å². The van der Waals surface area contributed by atoms with Gasteiger partial charge in [0.1, 0.15) is 17.4 Å². The summed E-state index contributed by atoms with van der Waals surface area (Å²) in [5.41, 5.74) is 0.201. The summed E-state index contributed by atoms with van der Waals surface area (Å²) in [4.78, 5) is 3.86. The number of rotatable bonds is 7. The number of piperazine rings is 1. The molecule has 2 aromatic carbocycles. The standard InChI is InChI=1S/C21H24F4N2O2/c1-29-16-3-2-14(20(24)10-16)11-27-8-7-26(12-15(27)6-9-28)13-17-18(22)4-5-19(23)21(17)25/h2-5,10,15,28H,6-9,11-13H2,1H3/t15-/m1/s1. The van der Waals surface area contributed by atoms with Crippen LogP contribution in [0.1, 0.15) is 17.5 Å². The van der Waals surface area contributed by atoms with Crippen molar-refractivity contribution in [2.75, 3.05) is 33.4 Å². The zero-order valence-corrected chi connectivity index (χ0v) is 16.2. The van der Waals surface area contributed by atoms with Crippen LogP contribution in [0.5, 0.6) is 5.75 Å². The normalized spacial score (nSPS) is 18.2. The van der Waals surface area contributed by atoms with Crippen LogP contribution in [0.15, 0.2) is 30.3 Å². The molecule has 1 heterocycles. The Morgan fingerprint density at radius 3 is 2.45 bits per heavy atom. The van der Waals surface area contributed by atoms with Crippen LogP contribution in [0.25, 0.3) is 0 Å². The Labute approximate surface area is 167 Å². The molecule has 0 radical (unpaired) electrons. The maximum atomic E-state index is 14.3. The van der Waals surface area contributed by atoms with Crippen LogP contribution >= 0.6 is 0 Å². The Bertz CT molecular complexity index is 850. The summed E-state index contributed by atoms with van der Waals surface area (Å²) in [7, 11) is 1.47. The zero-order chi connectivity index (χ0) is 21.0. The Hall–Kier alpha value is -2.16. The summed E-state index contributed by atoms with van der Waals surface area (Å²) in [6.07, 6.45) is 0.433. The van der Waals surface area contributed by atoms with Gasteiger partial charge in [0.15, 0.2) is 11.6 Å². The highest BCUT2D eigenvalue weighted by molar-refractivity contribution is 5.29. The van der Waals surface area contributed by atoms with Gasteiger partial charge < -0.3 is 9.84 Å². The smallest absolute Gasteiger partial charge is 0.166 e. The molecule has 29 heavy (non-hydrogen) atoms. The number of hydrogen-bond acceptors (Lipinski definition) is 4. The number of ether oxygens (including phenoxy) is 1. The van der Waals surface area contributed by atoms with Gasteiger partial charge in [-0.25, -0.2) is 17.6 Å². The SMILES string of the molecule is COc1ccc(CN2CCN(Cc3c(F)ccc(F)c3F)C[C@H]2CCO)c(F)c1. The summed E-state index contributed by atoms with van der Waals surface area (Å²) in [5, 5.41) is 9.42. The molecule has 1 aliphatic heterocycles. The van der Waals surface area contributed by atoms with Gasteiger partial charge in [-0.1, -0.05) is 6.07 Å². The van der Waals surface area contributed by atoms with E-state index in [9.17, 15) is 22.7 Å². The fourth-order valence-electron chi connectivity index (χ4n) is 3.67. The lowest BCUT2D eigenvalue weighted by molar-refractivity contribution is 0.0481. The second-order valence-corrected chi connectivity index (χ2v) is 7.15. The van der Waals surface area contributed by atoms with Crippen LogP contribution in [-0.2, 0) is 13.1 Å². The predicted molar refractivity (Wildman–Crippen MR) is 100 cm³/mol. The van der Waals surface area contributed by atoms with Gasteiger partial charge >= 0.3 is 0 Å². The fourth-order valence-corrected chi connectivity index (χ4v) is 3.67. The minimum absolute atomic E-state index is 0.0667. The topological polar surface area (TPSA) is 35.9 Å². The molecule has 4 nitrogen and oxygen atoms in total. The van der Waals surface area contributed by atoms with E-state index in [-0.39, 0.29) is 30.6 Å². The molecule has 0 aliphatic carbocycles. The largest absolute Gasteiger partial charge is 0.497 e. The third-order valence-electron chi connectivity index (χ3n) is 5.31. The molecule has 3 rings (SSSR count). The van der Waals surface area contributed by atoms with E-state index in [1.165, 1.54) is 13.2 Å². The molecule has 1 saturated heterocycles. The average molecular weight is 412 g/mol. The first kappa shape index (κ1) is 21.5. The highest BCUT2D eigenvalue weighted by Crippen LogP contribution is 2.24. The van der Waals surface area contributed by atoms with Crippen LogP contribution in [0, 0.1) is 23.3 Å². The lowest BCUT2D eigenvalue weighted by atomic mass is 10.1. The predicted octanol–water partition coefficient (Wildman–Crippen LogP) is 3.32. The monoisotopic (exact) mass is 412 g/mol. The Balaban J connectivity index is 1.71. The van der Waals surface area contributed by atoms with Gasteiger partial charge in [-0.2, -0.15) is 0 Å². The van der Waals surface area contributed by atoms with Crippen molar-refractivity contribution in [3.63, 3.8) is 0 Å². The van der Waals surface area contributed by atoms with Gasteiger partial charge in [0.25, 0.3) is 0 Å². The summed E-state index contributed by atoms with van der Waals surface area (Å²) in [6.45, 7) is 1.64. The van der Waals surface area contributed by atoms with E-state index in [0.29, 0.717) is 43.9 Å². The number of hydrogen-bond donors (Lipinski definition) is 1. The summed E-state index contributed by atoms with van der Waals surface area (Å²) in [5.74, 6) is -2.99. The zero-order valence-electron chi connectivity index (χ0n) is 16.2. The molecule has 0 aromatic heterocycles. The van der Waals surface area contributed by atoms with E-state index >= 15 is 0 Å². The van der Waals surface area contributed by atoms with Crippen molar-refractivity contribution in [2.45, 2.75) is 25.6 Å². The molecule has 0 amide bonds. The van der Waals surface area contributed by atoms with E-state index in [2.05, 4.69) is 0 Å². The number of benzene rings is 2. The summed E-state index contributed by atoms with van der Waals surface area (Å²) in [6, 6.07) is 6.22. The number of aliphatic hydroxyl groups is 1. The summed E-state index contributed by atoms with van der Waals surface area (Å²) >= 11 is 0. The Morgan fingerprint density at radius 2 is 1.76 bits per heavy atom. The van der Waals surface area contributed by atoms with Gasteiger partial charge in [0.2, 0.25) is 0 Å². The van der Waals surface area contributed by atoms with E-state index in [1.807, 2.05) is 9.80 Å². The minimum Gasteiger partial charge on any atom is -0.497 e. The highest BCUT2D eigenvalue weighted by Gasteiger charge is 2.28. The first-order chi connectivity index (χ1) is 13.9. The van der Waals surface area contributed by atoms with Crippen molar-refractivity contribution in [3.8, 4) is 5.75 Å². The lowest BCUT2D eigenvalue weighted by Gasteiger charge is -2.41. The van der Waals surface area contributed by atoms with Crippen molar-refractivity contribution in [1.82, 2.24) is 9.80 Å². The molecule has 1 atom stereocenters. The van der Waals surface area contributed by atoms with Crippen LogP contribution < -0.4 is 4.74 Å². The van der Waals surface area contributed by atoms with E-state index in [4.69, 9.17) is 4.74 Å². The highest BCUT2D eigenvalue weighted by atomic mass is 19.2. The second kappa shape index (κ2) is 9.56. The average Bonchev–Trinajstić information content (AvgIpc) is 2.71. The summed E-state index contributed by atoms with van der Waals surface area (Å²) < 4.78 is 60.7. The molecular weight excluding hydrogens is 388 g/mol. The third kappa shape index (κ3) is 5.07. The van der Waals surface area contributed by atoms with Crippen molar-refractivity contribution < 1.29 is 27.4 Å². The van der Waals surface area contributed by atoms with Gasteiger partial charge in [-0.3, -0.25) is 9.80 Å². The van der Waals surface area contributed by atoms with Crippen molar-refractivity contribution in [1.29, 1.82) is 0 Å². The first-order valence-corrected chi connectivity index (χ1v) is 9.45. The third-order valence-corrected chi connectivity index (χ3v) is 5.31. The minimum atomic E-state index is -1.17. The van der Waals surface area contributed by atoms with Gasteiger partial charge in [-0.05, 0) is 24.6 Å². The maximum Gasteiger partial charge on any atom is 0.166 e. The van der Waals surface area contributed by atoms with Crippen LogP contribution in [0.3, 0.4) is 0 Å². The van der Waals surface area contributed by atoms with Crippen LogP contribution in [-0.4, -0.2) is 54.3 Å². The van der Waals surface area contributed by atoms with Crippen molar-refractivity contribution in [2.24, 2.45) is 0 Å². The van der Waals surface area contributed by atoms with E-state index in [1.54, 1.807) is 12.1 Å². The van der Waals surface area contributed by atoms with Crippen LogP contribution in [0.4, 0.5) is 17.6 Å². The quantitative estimate of drug-likeness (QED) is 0.559. The number of nitrogens with zero attached hydrogens (tertiary/aromatic N) is 2. The number of methoxy groups -OCH3 is 1. The lowest BCUT2D eigenvalue weighted by Crippen LogP contribution is -2.52. The van der Waals surface area contributed by atoms with Crippen LogP contribution in [0.2, 0.25) is 0 Å². The number of halogens is 4. The molecule has 8 heteroatoms. The van der Waals surface area contributed by atoms with Gasteiger partial charge in [-0.15, -0.1) is 0 Å². The molecule has 2 aromatic rings. The van der Waals surface area contributed by atoms with Gasteiger partial charge in [0.05, 0.1) is 7.11 Å². The molecule has 0 bridgehead atoms. The number of aliphatic hydroxyl groups excluding tert-OH is 1. The molecule has 1 N–H and O–H groups in total. The molecule has 158 valence electrons. The fraction of sp³-hybridized carbons (Fsp3) is 0.429. The van der Waals surface area contributed by atoms with Crippen molar-refractivity contribution >= 4 is 0 Å². The molecule has 0 spiro atoms. The second-order valence-electron chi connectivity index (χ2n) is 7.15. The maximum absolute atomic E-state index is 14.3.